The number of hydrogen-bond acceptors (Lipinski definition) is 3. The molecule has 4 heteroatoms. The molecule has 16 heavy (non-hydrogen) atoms. The van der Waals surface area contributed by atoms with Gasteiger partial charge < -0.3 is 15.8 Å². The first-order chi connectivity index (χ1) is 7.64. The van der Waals surface area contributed by atoms with Crippen LogP contribution in [0.1, 0.15) is 39.0 Å². The summed E-state index contributed by atoms with van der Waals surface area (Å²) in [6, 6.07) is 0. The maximum absolute atomic E-state index is 11.7. The van der Waals surface area contributed by atoms with Crippen LogP contribution in [0.25, 0.3) is 0 Å². The van der Waals surface area contributed by atoms with Gasteiger partial charge in [-0.15, -0.1) is 0 Å². The molecule has 0 aromatic carbocycles. The van der Waals surface area contributed by atoms with Crippen LogP contribution < -0.4 is 11.1 Å². The zero-order chi connectivity index (χ0) is 12.0. The van der Waals surface area contributed by atoms with Crippen molar-refractivity contribution in [3.63, 3.8) is 0 Å². The van der Waals surface area contributed by atoms with Crippen LogP contribution in [-0.2, 0) is 9.53 Å². The zero-order valence-corrected chi connectivity index (χ0v) is 10.4. The summed E-state index contributed by atoms with van der Waals surface area (Å²) < 4.78 is 4.90. The van der Waals surface area contributed by atoms with E-state index in [9.17, 15) is 4.79 Å². The van der Waals surface area contributed by atoms with E-state index >= 15 is 0 Å². The third-order valence-electron chi connectivity index (χ3n) is 3.74. The smallest absolute Gasteiger partial charge is 0.222 e. The largest absolute Gasteiger partial charge is 0.384 e. The van der Waals surface area contributed by atoms with Crippen LogP contribution in [0.3, 0.4) is 0 Å². The fraction of sp³-hybridized carbons (Fsp3) is 0.917. The topological polar surface area (TPSA) is 64.3 Å². The number of carbonyl (C=O) groups is 1. The van der Waals surface area contributed by atoms with Gasteiger partial charge in [0.1, 0.15) is 0 Å². The third-order valence-corrected chi connectivity index (χ3v) is 3.74. The highest BCUT2D eigenvalue weighted by atomic mass is 16.5. The zero-order valence-electron chi connectivity index (χ0n) is 10.4. The van der Waals surface area contributed by atoms with Gasteiger partial charge in [-0.25, -0.2) is 0 Å². The van der Waals surface area contributed by atoms with Gasteiger partial charge >= 0.3 is 0 Å². The van der Waals surface area contributed by atoms with Crippen LogP contribution in [0.4, 0.5) is 0 Å². The molecule has 1 fully saturated rings. The van der Waals surface area contributed by atoms with E-state index in [-0.39, 0.29) is 11.4 Å². The molecule has 0 heterocycles. The van der Waals surface area contributed by atoms with E-state index in [0.717, 1.165) is 19.3 Å². The molecule has 1 saturated carbocycles. The number of amides is 1. The molecule has 94 valence electrons. The van der Waals surface area contributed by atoms with Gasteiger partial charge in [0.2, 0.25) is 5.91 Å². The molecule has 0 saturated heterocycles. The van der Waals surface area contributed by atoms with E-state index in [1.165, 1.54) is 6.42 Å². The first kappa shape index (κ1) is 13.5. The maximum atomic E-state index is 11.7. The lowest BCUT2D eigenvalue weighted by molar-refractivity contribution is -0.125. The van der Waals surface area contributed by atoms with Gasteiger partial charge in [-0.2, -0.15) is 0 Å². The number of methoxy groups -OCH3 is 1. The van der Waals surface area contributed by atoms with Gasteiger partial charge in [0.05, 0.1) is 12.1 Å². The highest BCUT2D eigenvalue weighted by Crippen LogP contribution is 2.32. The van der Waals surface area contributed by atoms with Gasteiger partial charge in [0.25, 0.3) is 0 Å². The van der Waals surface area contributed by atoms with Crippen molar-refractivity contribution in [3.8, 4) is 0 Å². The van der Waals surface area contributed by atoms with E-state index in [0.29, 0.717) is 25.5 Å². The van der Waals surface area contributed by atoms with Crippen molar-refractivity contribution in [2.75, 3.05) is 20.3 Å². The highest BCUT2D eigenvalue weighted by Gasteiger charge is 2.37. The fourth-order valence-corrected chi connectivity index (χ4v) is 2.49. The molecule has 0 aliphatic heterocycles. The Morgan fingerprint density at radius 3 is 2.88 bits per heavy atom. The van der Waals surface area contributed by atoms with Crippen molar-refractivity contribution in [2.24, 2.45) is 11.7 Å². The van der Waals surface area contributed by atoms with Gasteiger partial charge in [-0.3, -0.25) is 4.79 Å². The summed E-state index contributed by atoms with van der Waals surface area (Å²) >= 11 is 0. The Bertz CT molecular complexity index is 233. The van der Waals surface area contributed by atoms with E-state index in [1.54, 1.807) is 7.11 Å². The number of nitrogens with one attached hydrogen (secondary N) is 1. The predicted octanol–water partition coefficient (Wildman–Crippen LogP) is 1.05. The van der Waals surface area contributed by atoms with Crippen molar-refractivity contribution < 1.29 is 9.53 Å². The van der Waals surface area contributed by atoms with Crippen molar-refractivity contribution in [1.29, 1.82) is 0 Å². The van der Waals surface area contributed by atoms with Crippen molar-refractivity contribution in [3.05, 3.63) is 0 Å². The maximum Gasteiger partial charge on any atom is 0.222 e. The minimum atomic E-state index is -0.178. The summed E-state index contributed by atoms with van der Waals surface area (Å²) in [5.74, 6) is 0.527. The van der Waals surface area contributed by atoms with Crippen LogP contribution in [-0.4, -0.2) is 31.7 Å². The summed E-state index contributed by atoms with van der Waals surface area (Å²) in [4.78, 5) is 11.7. The lowest BCUT2D eigenvalue weighted by Gasteiger charge is -2.42. The highest BCUT2D eigenvalue weighted by molar-refractivity contribution is 5.77. The summed E-state index contributed by atoms with van der Waals surface area (Å²) in [5, 5.41) is 3.12. The van der Waals surface area contributed by atoms with Crippen LogP contribution >= 0.6 is 0 Å². The van der Waals surface area contributed by atoms with E-state index in [4.69, 9.17) is 10.5 Å². The number of rotatable bonds is 5. The number of carbonyl (C=O) groups excluding carboxylic acids is 1. The SMILES string of the molecule is COCCC(=O)NC1(CN)CCCCC1C. The average molecular weight is 228 g/mol. The summed E-state index contributed by atoms with van der Waals surface area (Å²) in [7, 11) is 1.61. The normalized spacial score (nSPS) is 30.1. The molecule has 4 nitrogen and oxygen atoms in total. The lowest BCUT2D eigenvalue weighted by atomic mass is 9.73. The van der Waals surface area contributed by atoms with Crippen molar-refractivity contribution >= 4 is 5.91 Å². The molecule has 2 unspecified atom stereocenters. The first-order valence-electron chi connectivity index (χ1n) is 6.14. The number of nitrogens with two attached hydrogens (primary N) is 1. The quantitative estimate of drug-likeness (QED) is 0.739. The molecule has 0 radical (unpaired) electrons. The van der Waals surface area contributed by atoms with E-state index in [1.807, 2.05) is 0 Å². The Hall–Kier alpha value is -0.610. The lowest BCUT2D eigenvalue weighted by Crippen LogP contribution is -2.59. The molecule has 0 bridgehead atoms. The standard InChI is InChI=1S/C12H24N2O2/c1-10-5-3-4-7-12(10,9-13)14-11(15)6-8-16-2/h10H,3-9,13H2,1-2H3,(H,14,15). The Morgan fingerprint density at radius 1 is 1.56 bits per heavy atom. The molecular formula is C12H24N2O2. The summed E-state index contributed by atoms with van der Waals surface area (Å²) in [6.07, 6.45) is 4.99. The molecular weight excluding hydrogens is 204 g/mol. The molecule has 1 aliphatic carbocycles. The van der Waals surface area contributed by atoms with Crippen molar-refractivity contribution in [1.82, 2.24) is 5.32 Å². The van der Waals surface area contributed by atoms with Crippen LogP contribution in [0.2, 0.25) is 0 Å². The summed E-state index contributed by atoms with van der Waals surface area (Å²) in [5.41, 5.74) is 5.68. The number of hydrogen-bond donors (Lipinski definition) is 2. The summed E-state index contributed by atoms with van der Waals surface area (Å²) in [6.45, 7) is 3.19. The third kappa shape index (κ3) is 3.19. The van der Waals surface area contributed by atoms with Gasteiger partial charge in [-0.05, 0) is 18.8 Å². The molecule has 1 aliphatic rings. The number of ether oxygens (including phenoxy) is 1. The van der Waals surface area contributed by atoms with Gasteiger partial charge in [0, 0.05) is 20.1 Å². The Kier molecular flexibility index (Phi) is 5.22. The second-order valence-corrected chi connectivity index (χ2v) is 4.80. The van der Waals surface area contributed by atoms with Gasteiger partial charge in [0.15, 0.2) is 0 Å². The Morgan fingerprint density at radius 2 is 2.31 bits per heavy atom. The molecule has 1 rings (SSSR count). The molecule has 3 N–H and O–H groups in total. The first-order valence-corrected chi connectivity index (χ1v) is 6.14. The molecule has 2 atom stereocenters. The minimum Gasteiger partial charge on any atom is -0.384 e. The Balaban J connectivity index is 2.54. The van der Waals surface area contributed by atoms with Crippen molar-refractivity contribution in [2.45, 2.75) is 44.6 Å². The Labute approximate surface area is 97.9 Å². The molecule has 0 aromatic rings. The monoisotopic (exact) mass is 228 g/mol. The second-order valence-electron chi connectivity index (χ2n) is 4.80. The van der Waals surface area contributed by atoms with Gasteiger partial charge in [-0.1, -0.05) is 19.8 Å². The predicted molar refractivity (Wildman–Crippen MR) is 64.1 cm³/mol. The van der Waals surface area contributed by atoms with Crippen LogP contribution in [0.5, 0.6) is 0 Å². The molecule has 0 aromatic heterocycles. The van der Waals surface area contributed by atoms with E-state index < -0.39 is 0 Å². The van der Waals surface area contributed by atoms with Crippen LogP contribution in [0, 0.1) is 5.92 Å². The fourth-order valence-electron chi connectivity index (χ4n) is 2.49. The second kappa shape index (κ2) is 6.21. The minimum absolute atomic E-state index is 0.0565. The average Bonchev–Trinajstić information content (AvgIpc) is 2.29. The van der Waals surface area contributed by atoms with E-state index in [2.05, 4.69) is 12.2 Å². The molecule has 0 spiro atoms. The van der Waals surface area contributed by atoms with Crippen LogP contribution in [0.15, 0.2) is 0 Å². The molecule has 1 amide bonds.